The van der Waals surface area contributed by atoms with Crippen molar-refractivity contribution < 1.29 is 19.0 Å². The van der Waals surface area contributed by atoms with Crippen LogP contribution < -0.4 is 10.1 Å². The molecular formula is C27H26N2O4. The van der Waals surface area contributed by atoms with Gasteiger partial charge in [-0.05, 0) is 66.4 Å². The fraction of sp³-hybridized carbons (Fsp3) is 0.259. The van der Waals surface area contributed by atoms with E-state index >= 15 is 0 Å². The summed E-state index contributed by atoms with van der Waals surface area (Å²) in [6.07, 6.45) is 2.12. The summed E-state index contributed by atoms with van der Waals surface area (Å²) >= 11 is 0. The molecule has 0 bridgehead atoms. The van der Waals surface area contributed by atoms with Gasteiger partial charge in [-0.25, -0.2) is 0 Å². The van der Waals surface area contributed by atoms with Crippen molar-refractivity contribution in [3.8, 4) is 17.6 Å². The van der Waals surface area contributed by atoms with Crippen LogP contribution in [-0.4, -0.2) is 25.2 Å². The summed E-state index contributed by atoms with van der Waals surface area (Å²) in [6.45, 7) is 2.50. The van der Waals surface area contributed by atoms with Crippen molar-refractivity contribution in [3.05, 3.63) is 95.1 Å². The third-order valence-electron chi connectivity index (χ3n) is 5.41. The maximum absolute atomic E-state index is 12.7. The molecule has 0 spiro atoms. The summed E-state index contributed by atoms with van der Waals surface area (Å²) in [5, 5.41) is 11.9. The topological polar surface area (TPSA) is 80.6 Å². The Kier molecular flexibility index (Phi) is 7.70. The molecule has 1 amide bonds. The molecular weight excluding hydrogens is 416 g/mol. The van der Waals surface area contributed by atoms with E-state index in [1.807, 2.05) is 18.2 Å². The first-order valence-corrected chi connectivity index (χ1v) is 11.0. The molecule has 1 heterocycles. The molecule has 0 aromatic heterocycles. The molecule has 0 atom stereocenters. The molecule has 1 aliphatic heterocycles. The number of nitrogens with zero attached hydrogens (tertiary/aromatic N) is 1. The monoisotopic (exact) mass is 442 g/mol. The van der Waals surface area contributed by atoms with Crippen LogP contribution in [-0.2, 0) is 22.6 Å². The van der Waals surface area contributed by atoms with E-state index in [1.165, 1.54) is 0 Å². The zero-order chi connectivity index (χ0) is 22.9. The lowest BCUT2D eigenvalue weighted by Crippen LogP contribution is -2.23. The minimum absolute atomic E-state index is 0.177. The normalized spacial score (nSPS) is 13.8. The van der Waals surface area contributed by atoms with Gasteiger partial charge in [-0.2, -0.15) is 5.26 Å². The van der Waals surface area contributed by atoms with Gasteiger partial charge in [-0.1, -0.05) is 30.3 Å². The predicted molar refractivity (Wildman–Crippen MR) is 124 cm³/mol. The Morgan fingerprint density at radius 2 is 1.73 bits per heavy atom. The van der Waals surface area contributed by atoms with Crippen molar-refractivity contribution in [1.29, 1.82) is 5.26 Å². The van der Waals surface area contributed by atoms with Crippen molar-refractivity contribution in [3.63, 3.8) is 0 Å². The van der Waals surface area contributed by atoms with E-state index in [4.69, 9.17) is 19.5 Å². The van der Waals surface area contributed by atoms with E-state index in [2.05, 4.69) is 17.5 Å². The van der Waals surface area contributed by atoms with E-state index in [1.54, 1.807) is 48.5 Å². The van der Waals surface area contributed by atoms with E-state index in [9.17, 15) is 4.79 Å². The van der Waals surface area contributed by atoms with E-state index in [-0.39, 0.29) is 12.0 Å². The van der Waals surface area contributed by atoms with Gasteiger partial charge >= 0.3 is 0 Å². The predicted octanol–water partition coefficient (Wildman–Crippen LogP) is 4.98. The lowest BCUT2D eigenvalue weighted by Gasteiger charge is -2.22. The number of amides is 1. The molecule has 1 N–H and O–H groups in total. The maximum Gasteiger partial charge on any atom is 0.251 e. The molecule has 168 valence electrons. The van der Waals surface area contributed by atoms with Crippen LogP contribution in [0.15, 0.2) is 72.8 Å². The SMILES string of the molecule is N#Cc1ccc(Oc2cccc(C(=O)NCc3cccc(COC4CCOCC4)c3)c2)cc1. The highest BCUT2D eigenvalue weighted by atomic mass is 16.5. The second-order valence-electron chi connectivity index (χ2n) is 7.89. The third-order valence-corrected chi connectivity index (χ3v) is 5.41. The first-order valence-electron chi connectivity index (χ1n) is 11.0. The molecule has 0 unspecified atom stereocenters. The number of carbonyl (C=O) groups is 1. The van der Waals surface area contributed by atoms with E-state index < -0.39 is 0 Å². The molecule has 6 nitrogen and oxygen atoms in total. The van der Waals surface area contributed by atoms with Gasteiger partial charge in [-0.3, -0.25) is 4.79 Å². The smallest absolute Gasteiger partial charge is 0.251 e. The van der Waals surface area contributed by atoms with Crippen molar-refractivity contribution >= 4 is 5.91 Å². The van der Waals surface area contributed by atoms with Gasteiger partial charge in [0.25, 0.3) is 5.91 Å². The van der Waals surface area contributed by atoms with Gasteiger partial charge in [0, 0.05) is 25.3 Å². The molecule has 1 aliphatic rings. The van der Waals surface area contributed by atoms with Crippen LogP contribution in [0.1, 0.15) is 39.9 Å². The first kappa shape index (κ1) is 22.5. The second-order valence-corrected chi connectivity index (χ2v) is 7.89. The number of ether oxygens (including phenoxy) is 3. The summed E-state index contributed by atoms with van der Waals surface area (Å²) in [4.78, 5) is 12.7. The van der Waals surface area contributed by atoms with Crippen LogP contribution in [0.4, 0.5) is 0 Å². The van der Waals surface area contributed by atoms with Crippen molar-refractivity contribution in [2.75, 3.05) is 13.2 Å². The molecule has 3 aromatic rings. The van der Waals surface area contributed by atoms with Crippen LogP contribution in [0.25, 0.3) is 0 Å². The Morgan fingerprint density at radius 3 is 2.52 bits per heavy atom. The standard InChI is InChI=1S/C27H26N2O4/c28-17-20-7-9-25(10-8-20)33-26-6-2-5-23(16-26)27(30)29-18-21-3-1-4-22(15-21)19-32-24-11-13-31-14-12-24/h1-10,15-16,24H,11-14,18-19H2,(H,29,30). The average molecular weight is 443 g/mol. The second kappa shape index (κ2) is 11.3. The van der Waals surface area contributed by atoms with E-state index in [0.717, 1.165) is 37.2 Å². The van der Waals surface area contributed by atoms with Gasteiger partial charge in [0.05, 0.1) is 24.3 Å². The number of benzene rings is 3. The number of rotatable bonds is 8. The zero-order valence-electron chi connectivity index (χ0n) is 18.3. The maximum atomic E-state index is 12.7. The summed E-state index contributed by atoms with van der Waals surface area (Å²) in [6, 6.07) is 24.0. The van der Waals surface area contributed by atoms with Gasteiger partial charge in [0.1, 0.15) is 11.5 Å². The highest BCUT2D eigenvalue weighted by Crippen LogP contribution is 2.23. The largest absolute Gasteiger partial charge is 0.457 e. The zero-order valence-corrected chi connectivity index (χ0v) is 18.3. The van der Waals surface area contributed by atoms with Crippen LogP contribution in [0.5, 0.6) is 11.5 Å². The fourth-order valence-electron chi connectivity index (χ4n) is 3.60. The molecule has 0 aliphatic carbocycles. The molecule has 33 heavy (non-hydrogen) atoms. The minimum Gasteiger partial charge on any atom is -0.457 e. The number of nitriles is 1. The minimum atomic E-state index is -0.177. The van der Waals surface area contributed by atoms with Gasteiger partial charge < -0.3 is 19.5 Å². The summed E-state index contributed by atoms with van der Waals surface area (Å²) in [5.74, 6) is 0.982. The Balaban J connectivity index is 1.31. The summed E-state index contributed by atoms with van der Waals surface area (Å²) in [5.41, 5.74) is 3.18. The quantitative estimate of drug-likeness (QED) is 0.532. The van der Waals surface area contributed by atoms with Crippen LogP contribution >= 0.6 is 0 Å². The third kappa shape index (κ3) is 6.66. The summed E-state index contributed by atoms with van der Waals surface area (Å²) < 4.78 is 17.2. The highest BCUT2D eigenvalue weighted by molar-refractivity contribution is 5.94. The molecule has 4 rings (SSSR count). The molecule has 1 fully saturated rings. The van der Waals surface area contributed by atoms with E-state index in [0.29, 0.717) is 35.8 Å². The lowest BCUT2D eigenvalue weighted by molar-refractivity contribution is -0.0390. The van der Waals surface area contributed by atoms with Crippen molar-refractivity contribution in [2.45, 2.75) is 32.1 Å². The number of hydrogen-bond donors (Lipinski definition) is 1. The van der Waals surface area contributed by atoms with Crippen LogP contribution in [0.3, 0.4) is 0 Å². The van der Waals surface area contributed by atoms with Gasteiger partial charge in [-0.15, -0.1) is 0 Å². The van der Waals surface area contributed by atoms with Gasteiger partial charge in [0.15, 0.2) is 0 Å². The molecule has 3 aromatic carbocycles. The Bertz CT molecular complexity index is 1120. The average Bonchev–Trinajstić information content (AvgIpc) is 2.87. The summed E-state index contributed by atoms with van der Waals surface area (Å²) in [7, 11) is 0. The lowest BCUT2D eigenvalue weighted by atomic mass is 10.1. The molecule has 1 saturated heterocycles. The fourth-order valence-corrected chi connectivity index (χ4v) is 3.60. The van der Waals surface area contributed by atoms with Crippen molar-refractivity contribution in [2.24, 2.45) is 0 Å². The first-order chi connectivity index (χ1) is 16.2. The van der Waals surface area contributed by atoms with Gasteiger partial charge in [0.2, 0.25) is 0 Å². The van der Waals surface area contributed by atoms with Crippen LogP contribution in [0.2, 0.25) is 0 Å². The highest BCUT2D eigenvalue weighted by Gasteiger charge is 2.14. The number of nitrogens with one attached hydrogen (secondary N) is 1. The molecule has 6 heteroatoms. The Hall–Kier alpha value is -3.66. The number of carbonyl (C=O) groups excluding carboxylic acids is 1. The molecule has 0 saturated carbocycles. The Morgan fingerprint density at radius 1 is 0.970 bits per heavy atom. The number of hydrogen-bond acceptors (Lipinski definition) is 5. The van der Waals surface area contributed by atoms with Crippen LogP contribution in [0, 0.1) is 11.3 Å². The molecule has 0 radical (unpaired) electrons. The van der Waals surface area contributed by atoms with Crippen molar-refractivity contribution in [1.82, 2.24) is 5.32 Å². The Labute approximate surface area is 193 Å².